The fraction of sp³-hybridized carbons (Fsp3) is 0.692. The van der Waals surface area contributed by atoms with E-state index in [0.29, 0.717) is 12.6 Å². The minimum absolute atomic E-state index is 0.709. The van der Waals surface area contributed by atoms with E-state index in [4.69, 9.17) is 4.74 Å². The molecule has 0 spiro atoms. The lowest BCUT2D eigenvalue weighted by Gasteiger charge is -2.21. The van der Waals surface area contributed by atoms with E-state index in [1.165, 1.54) is 12.8 Å². The Labute approximate surface area is 109 Å². The maximum Gasteiger partial charge on any atom is 0.147 e. The minimum atomic E-state index is 0.709. The Balaban J connectivity index is 1.87. The number of rotatable bonds is 8. The van der Waals surface area contributed by atoms with E-state index in [2.05, 4.69) is 27.1 Å². The van der Waals surface area contributed by atoms with Crippen molar-refractivity contribution in [2.75, 3.05) is 31.7 Å². The molecule has 2 rings (SSSR count). The molecule has 1 fully saturated rings. The van der Waals surface area contributed by atoms with E-state index >= 15 is 0 Å². The summed E-state index contributed by atoms with van der Waals surface area (Å²) in [6.45, 7) is 5.40. The molecule has 0 amide bonds. The van der Waals surface area contributed by atoms with Crippen LogP contribution in [0.5, 0.6) is 0 Å². The standard InChI is InChI=1S/C13H22N4O/c1-3-17(6-7-18-2)13-10-15-12(9-16-13)8-14-11-4-5-11/h9-11,14H,3-8H2,1-2H3. The van der Waals surface area contributed by atoms with Crippen LogP contribution in [0.15, 0.2) is 12.4 Å². The number of hydrogen-bond donors (Lipinski definition) is 1. The summed E-state index contributed by atoms with van der Waals surface area (Å²) < 4.78 is 5.09. The molecule has 5 nitrogen and oxygen atoms in total. The summed E-state index contributed by atoms with van der Waals surface area (Å²) >= 11 is 0. The Morgan fingerprint density at radius 2 is 2.22 bits per heavy atom. The summed E-state index contributed by atoms with van der Waals surface area (Å²) in [6, 6.07) is 0.709. The summed E-state index contributed by atoms with van der Waals surface area (Å²) in [5.74, 6) is 0.921. The summed E-state index contributed by atoms with van der Waals surface area (Å²) in [5, 5.41) is 3.43. The highest BCUT2D eigenvalue weighted by Crippen LogP contribution is 2.19. The van der Waals surface area contributed by atoms with Crippen molar-refractivity contribution in [3.05, 3.63) is 18.1 Å². The van der Waals surface area contributed by atoms with Crippen molar-refractivity contribution in [1.82, 2.24) is 15.3 Å². The first-order valence-electron chi connectivity index (χ1n) is 6.61. The predicted molar refractivity (Wildman–Crippen MR) is 71.7 cm³/mol. The van der Waals surface area contributed by atoms with Crippen molar-refractivity contribution >= 4 is 5.82 Å². The number of likely N-dealkylation sites (N-methyl/N-ethyl adjacent to an activating group) is 1. The molecule has 18 heavy (non-hydrogen) atoms. The average Bonchev–Trinajstić information content (AvgIpc) is 3.23. The third-order valence-electron chi connectivity index (χ3n) is 3.11. The second kappa shape index (κ2) is 6.66. The van der Waals surface area contributed by atoms with Crippen molar-refractivity contribution in [1.29, 1.82) is 0 Å². The molecule has 0 atom stereocenters. The molecule has 1 N–H and O–H groups in total. The van der Waals surface area contributed by atoms with Gasteiger partial charge >= 0.3 is 0 Å². The van der Waals surface area contributed by atoms with Gasteiger partial charge in [-0.2, -0.15) is 0 Å². The summed E-state index contributed by atoms with van der Waals surface area (Å²) in [4.78, 5) is 11.1. The van der Waals surface area contributed by atoms with Crippen LogP contribution in [0.2, 0.25) is 0 Å². The largest absolute Gasteiger partial charge is 0.383 e. The lowest BCUT2D eigenvalue weighted by molar-refractivity contribution is 0.205. The zero-order valence-corrected chi connectivity index (χ0v) is 11.2. The topological polar surface area (TPSA) is 50.3 Å². The zero-order chi connectivity index (χ0) is 12.8. The highest BCUT2D eigenvalue weighted by Gasteiger charge is 2.20. The molecule has 5 heteroatoms. The van der Waals surface area contributed by atoms with Gasteiger partial charge in [0.25, 0.3) is 0 Å². The van der Waals surface area contributed by atoms with Gasteiger partial charge in [0, 0.05) is 32.8 Å². The zero-order valence-electron chi connectivity index (χ0n) is 11.2. The minimum Gasteiger partial charge on any atom is -0.383 e. The van der Waals surface area contributed by atoms with Crippen LogP contribution in [0.25, 0.3) is 0 Å². The highest BCUT2D eigenvalue weighted by molar-refractivity contribution is 5.35. The molecule has 100 valence electrons. The number of hydrogen-bond acceptors (Lipinski definition) is 5. The molecule has 1 aromatic heterocycles. The number of anilines is 1. The van der Waals surface area contributed by atoms with Gasteiger partial charge in [-0.05, 0) is 19.8 Å². The van der Waals surface area contributed by atoms with Crippen molar-refractivity contribution < 1.29 is 4.74 Å². The molecule has 0 unspecified atom stereocenters. The Bertz CT molecular complexity index is 351. The van der Waals surface area contributed by atoms with Gasteiger partial charge in [0.15, 0.2) is 0 Å². The molecule has 1 aliphatic carbocycles. The molecule has 0 radical (unpaired) electrons. The molecule has 1 aromatic rings. The van der Waals surface area contributed by atoms with Gasteiger partial charge in [-0.1, -0.05) is 0 Å². The van der Waals surface area contributed by atoms with Crippen LogP contribution in [-0.4, -0.2) is 42.8 Å². The lowest BCUT2D eigenvalue weighted by atomic mass is 10.4. The normalized spacial score (nSPS) is 14.8. The number of aromatic nitrogens is 2. The van der Waals surface area contributed by atoms with Gasteiger partial charge in [0.05, 0.1) is 24.7 Å². The van der Waals surface area contributed by atoms with Gasteiger partial charge in [-0.15, -0.1) is 0 Å². The van der Waals surface area contributed by atoms with E-state index in [0.717, 1.165) is 31.1 Å². The molecule has 1 saturated carbocycles. The Morgan fingerprint density at radius 1 is 1.39 bits per heavy atom. The number of nitrogens with zero attached hydrogens (tertiary/aromatic N) is 3. The number of ether oxygens (including phenoxy) is 1. The Morgan fingerprint density at radius 3 is 2.78 bits per heavy atom. The third-order valence-corrected chi connectivity index (χ3v) is 3.11. The van der Waals surface area contributed by atoms with Crippen molar-refractivity contribution in [3.63, 3.8) is 0 Å². The number of methoxy groups -OCH3 is 1. The third kappa shape index (κ3) is 3.92. The molecule has 0 aliphatic heterocycles. The van der Waals surface area contributed by atoms with Crippen LogP contribution >= 0.6 is 0 Å². The van der Waals surface area contributed by atoms with E-state index in [9.17, 15) is 0 Å². The Hall–Kier alpha value is -1.20. The summed E-state index contributed by atoms with van der Waals surface area (Å²) in [6.07, 6.45) is 6.31. The van der Waals surface area contributed by atoms with Gasteiger partial charge < -0.3 is 15.0 Å². The van der Waals surface area contributed by atoms with Crippen LogP contribution < -0.4 is 10.2 Å². The SMILES string of the molecule is CCN(CCOC)c1cnc(CNC2CC2)cn1. The smallest absolute Gasteiger partial charge is 0.147 e. The summed E-state index contributed by atoms with van der Waals surface area (Å²) in [5.41, 5.74) is 1.01. The molecular weight excluding hydrogens is 228 g/mol. The van der Waals surface area contributed by atoms with Crippen molar-refractivity contribution in [2.24, 2.45) is 0 Å². The first-order valence-corrected chi connectivity index (χ1v) is 6.61. The van der Waals surface area contributed by atoms with E-state index in [1.54, 1.807) is 7.11 Å². The highest BCUT2D eigenvalue weighted by atomic mass is 16.5. The van der Waals surface area contributed by atoms with E-state index < -0.39 is 0 Å². The maximum absolute atomic E-state index is 5.09. The van der Waals surface area contributed by atoms with Crippen LogP contribution in [0, 0.1) is 0 Å². The van der Waals surface area contributed by atoms with Crippen LogP contribution in [-0.2, 0) is 11.3 Å². The molecule has 0 aromatic carbocycles. The van der Waals surface area contributed by atoms with E-state index in [-0.39, 0.29) is 0 Å². The molecule has 0 saturated heterocycles. The second-order valence-corrected chi connectivity index (χ2v) is 4.59. The maximum atomic E-state index is 5.09. The second-order valence-electron chi connectivity index (χ2n) is 4.59. The predicted octanol–water partition coefficient (Wildman–Crippen LogP) is 1.20. The fourth-order valence-electron chi connectivity index (χ4n) is 1.78. The first kappa shape index (κ1) is 13.2. The van der Waals surface area contributed by atoms with Gasteiger partial charge in [-0.3, -0.25) is 4.98 Å². The van der Waals surface area contributed by atoms with Gasteiger partial charge in [-0.25, -0.2) is 4.98 Å². The number of nitrogens with one attached hydrogen (secondary N) is 1. The fourth-order valence-corrected chi connectivity index (χ4v) is 1.78. The van der Waals surface area contributed by atoms with Gasteiger partial charge in [0.1, 0.15) is 5.82 Å². The van der Waals surface area contributed by atoms with E-state index in [1.807, 2.05) is 12.4 Å². The monoisotopic (exact) mass is 250 g/mol. The molecule has 1 heterocycles. The summed E-state index contributed by atoms with van der Waals surface area (Å²) in [7, 11) is 1.71. The van der Waals surface area contributed by atoms with Crippen LogP contribution in [0.1, 0.15) is 25.5 Å². The van der Waals surface area contributed by atoms with Crippen LogP contribution in [0.4, 0.5) is 5.82 Å². The van der Waals surface area contributed by atoms with Crippen LogP contribution in [0.3, 0.4) is 0 Å². The average molecular weight is 250 g/mol. The van der Waals surface area contributed by atoms with Crippen molar-refractivity contribution in [2.45, 2.75) is 32.4 Å². The van der Waals surface area contributed by atoms with Crippen molar-refractivity contribution in [3.8, 4) is 0 Å². The first-order chi connectivity index (χ1) is 8.83. The molecule has 1 aliphatic rings. The molecular formula is C13H22N4O. The Kier molecular flexibility index (Phi) is 4.90. The van der Waals surface area contributed by atoms with Gasteiger partial charge in [0.2, 0.25) is 0 Å². The quantitative estimate of drug-likeness (QED) is 0.751. The molecule has 0 bridgehead atoms. The lowest BCUT2D eigenvalue weighted by Crippen LogP contribution is -2.28.